The first-order chi connectivity index (χ1) is 17.4. The summed E-state index contributed by atoms with van der Waals surface area (Å²) in [5.41, 5.74) is 2.83. The second-order valence-electron chi connectivity index (χ2n) is 9.18. The molecular formula is C27H31Cl2N5OS. The fraction of sp³-hybridized carbons (Fsp3) is 0.370. The largest absolute Gasteiger partial charge is 0.367 e. The Labute approximate surface area is 227 Å². The van der Waals surface area contributed by atoms with Crippen molar-refractivity contribution in [1.29, 1.82) is 0 Å². The number of hydrogen-bond donors (Lipinski definition) is 1. The maximum absolute atomic E-state index is 12.3. The van der Waals surface area contributed by atoms with Crippen LogP contribution in [0.1, 0.15) is 36.2 Å². The van der Waals surface area contributed by atoms with Gasteiger partial charge in [-0.2, -0.15) is 0 Å². The predicted molar refractivity (Wildman–Crippen MR) is 151 cm³/mol. The average molecular weight is 545 g/mol. The summed E-state index contributed by atoms with van der Waals surface area (Å²) in [6, 6.07) is 17.4. The van der Waals surface area contributed by atoms with Gasteiger partial charge in [0.2, 0.25) is 0 Å². The molecule has 190 valence electrons. The van der Waals surface area contributed by atoms with E-state index in [0.29, 0.717) is 34.1 Å². The molecule has 1 amide bonds. The summed E-state index contributed by atoms with van der Waals surface area (Å²) in [5, 5.41) is 4.82. The van der Waals surface area contributed by atoms with Crippen LogP contribution in [-0.4, -0.2) is 48.6 Å². The molecule has 2 heterocycles. The summed E-state index contributed by atoms with van der Waals surface area (Å²) in [6.07, 6.45) is 0.971. The lowest BCUT2D eigenvalue weighted by atomic mass is 10.1. The number of nitrogens with zero attached hydrogens (tertiary/aromatic N) is 4. The Balaban J connectivity index is 1.32. The van der Waals surface area contributed by atoms with Crippen LogP contribution in [0.15, 0.2) is 59.8 Å². The number of carbonyl (C=O) groups is 1. The SMILES string of the molecule is CC(C)CCNC(=O)c1ccc(CSc2nc(Cl)cc(N3CCN(c4ccccc4Cl)CC3)n2)cc1. The number of rotatable bonds is 9. The number of anilines is 2. The van der Waals surface area contributed by atoms with E-state index in [1.807, 2.05) is 48.5 Å². The van der Waals surface area contributed by atoms with E-state index in [9.17, 15) is 4.79 Å². The van der Waals surface area contributed by atoms with E-state index in [1.165, 1.54) is 11.8 Å². The van der Waals surface area contributed by atoms with E-state index < -0.39 is 0 Å². The van der Waals surface area contributed by atoms with E-state index in [0.717, 1.165) is 54.7 Å². The van der Waals surface area contributed by atoms with Gasteiger partial charge in [0.15, 0.2) is 5.16 Å². The van der Waals surface area contributed by atoms with Crippen molar-refractivity contribution >= 4 is 52.4 Å². The molecule has 1 aliphatic rings. The molecule has 0 unspecified atom stereocenters. The van der Waals surface area contributed by atoms with Gasteiger partial charge in [-0.3, -0.25) is 4.79 Å². The number of piperazine rings is 1. The highest BCUT2D eigenvalue weighted by Gasteiger charge is 2.21. The maximum Gasteiger partial charge on any atom is 0.251 e. The third-order valence-electron chi connectivity index (χ3n) is 6.05. The zero-order chi connectivity index (χ0) is 25.5. The van der Waals surface area contributed by atoms with Crippen molar-refractivity contribution in [2.45, 2.75) is 31.2 Å². The van der Waals surface area contributed by atoms with E-state index in [1.54, 1.807) is 0 Å². The van der Waals surface area contributed by atoms with Gasteiger partial charge in [-0.05, 0) is 42.2 Å². The van der Waals surface area contributed by atoms with Crippen LogP contribution in [0.5, 0.6) is 0 Å². The number of thioether (sulfide) groups is 1. The van der Waals surface area contributed by atoms with Crippen LogP contribution in [0.3, 0.4) is 0 Å². The molecule has 3 aromatic rings. The molecule has 1 aromatic heterocycles. The Hall–Kier alpha value is -2.48. The molecule has 0 bridgehead atoms. The van der Waals surface area contributed by atoms with Gasteiger partial charge in [0.25, 0.3) is 5.91 Å². The van der Waals surface area contributed by atoms with Gasteiger partial charge < -0.3 is 15.1 Å². The van der Waals surface area contributed by atoms with Crippen LogP contribution in [0.2, 0.25) is 10.2 Å². The number of halogens is 2. The Bertz CT molecular complexity index is 1170. The minimum Gasteiger partial charge on any atom is -0.367 e. The molecule has 1 aliphatic heterocycles. The average Bonchev–Trinajstić information content (AvgIpc) is 2.87. The minimum absolute atomic E-state index is 0.0349. The molecule has 9 heteroatoms. The van der Waals surface area contributed by atoms with Crippen molar-refractivity contribution in [2.24, 2.45) is 5.92 Å². The van der Waals surface area contributed by atoms with Gasteiger partial charge in [-0.25, -0.2) is 9.97 Å². The molecule has 0 radical (unpaired) electrons. The summed E-state index contributed by atoms with van der Waals surface area (Å²) in [5.74, 6) is 2.06. The molecule has 0 spiro atoms. The van der Waals surface area contributed by atoms with Gasteiger partial charge in [0.1, 0.15) is 11.0 Å². The molecule has 36 heavy (non-hydrogen) atoms. The molecule has 0 atom stereocenters. The molecule has 4 rings (SSSR count). The lowest BCUT2D eigenvalue weighted by Crippen LogP contribution is -2.47. The summed E-state index contributed by atoms with van der Waals surface area (Å²) >= 11 is 14.3. The molecule has 6 nitrogen and oxygen atoms in total. The van der Waals surface area contributed by atoms with Crippen molar-refractivity contribution in [3.05, 3.63) is 75.9 Å². The summed E-state index contributed by atoms with van der Waals surface area (Å²) in [4.78, 5) is 26.0. The smallest absolute Gasteiger partial charge is 0.251 e. The second-order valence-corrected chi connectivity index (χ2v) is 10.9. The lowest BCUT2D eigenvalue weighted by molar-refractivity contribution is 0.0952. The number of carbonyl (C=O) groups excluding carboxylic acids is 1. The Morgan fingerprint density at radius 2 is 1.69 bits per heavy atom. The van der Waals surface area contributed by atoms with Crippen LogP contribution in [0.4, 0.5) is 11.5 Å². The van der Waals surface area contributed by atoms with E-state index >= 15 is 0 Å². The van der Waals surface area contributed by atoms with Crippen LogP contribution in [0, 0.1) is 5.92 Å². The van der Waals surface area contributed by atoms with E-state index in [-0.39, 0.29) is 5.91 Å². The predicted octanol–water partition coefficient (Wildman–Crippen LogP) is 6.18. The Morgan fingerprint density at radius 3 is 2.39 bits per heavy atom. The number of amides is 1. The minimum atomic E-state index is -0.0349. The van der Waals surface area contributed by atoms with Crippen molar-refractivity contribution in [1.82, 2.24) is 15.3 Å². The standard InChI is InChI=1S/C27H31Cl2N5OS/c1-19(2)11-12-30-26(35)21-9-7-20(8-10-21)18-36-27-31-24(29)17-25(32-27)34-15-13-33(14-16-34)23-6-4-3-5-22(23)28/h3-10,17,19H,11-16,18H2,1-2H3,(H,30,35). The highest BCUT2D eigenvalue weighted by molar-refractivity contribution is 7.98. The fourth-order valence-electron chi connectivity index (χ4n) is 3.97. The normalized spacial score (nSPS) is 13.8. The molecule has 2 aromatic carbocycles. The number of nitrogens with one attached hydrogen (secondary N) is 1. The molecule has 1 fully saturated rings. The van der Waals surface area contributed by atoms with Crippen LogP contribution >= 0.6 is 35.0 Å². The lowest BCUT2D eigenvalue weighted by Gasteiger charge is -2.37. The van der Waals surface area contributed by atoms with E-state index in [2.05, 4.69) is 40.0 Å². The Kier molecular flexibility index (Phi) is 9.35. The van der Waals surface area contributed by atoms with Crippen molar-refractivity contribution < 1.29 is 4.79 Å². The maximum atomic E-state index is 12.3. The van der Waals surface area contributed by atoms with Crippen molar-refractivity contribution in [3.63, 3.8) is 0 Å². The van der Waals surface area contributed by atoms with Crippen LogP contribution < -0.4 is 15.1 Å². The number of benzene rings is 2. The van der Waals surface area contributed by atoms with Crippen LogP contribution in [-0.2, 0) is 5.75 Å². The summed E-state index contributed by atoms with van der Waals surface area (Å²) in [6.45, 7) is 8.34. The first kappa shape index (κ1) is 26.6. The van der Waals surface area contributed by atoms with Gasteiger partial charge in [0, 0.05) is 50.1 Å². The molecule has 0 saturated carbocycles. The van der Waals surface area contributed by atoms with Crippen molar-refractivity contribution in [3.8, 4) is 0 Å². The molecule has 0 aliphatic carbocycles. The topological polar surface area (TPSA) is 61.4 Å². The first-order valence-electron chi connectivity index (χ1n) is 12.2. The molecular weight excluding hydrogens is 513 g/mol. The van der Waals surface area contributed by atoms with Gasteiger partial charge in [-0.1, -0.05) is 73.1 Å². The molecule has 1 N–H and O–H groups in total. The molecule has 1 saturated heterocycles. The zero-order valence-electron chi connectivity index (χ0n) is 20.6. The van der Waals surface area contributed by atoms with Gasteiger partial charge in [0.05, 0.1) is 10.7 Å². The number of aromatic nitrogens is 2. The number of para-hydroxylation sites is 1. The van der Waals surface area contributed by atoms with Crippen LogP contribution in [0.25, 0.3) is 0 Å². The highest BCUT2D eigenvalue weighted by atomic mass is 35.5. The quantitative estimate of drug-likeness (QED) is 0.197. The third-order valence-corrected chi connectivity index (χ3v) is 7.48. The highest BCUT2D eigenvalue weighted by Crippen LogP contribution is 2.29. The van der Waals surface area contributed by atoms with Gasteiger partial charge >= 0.3 is 0 Å². The monoisotopic (exact) mass is 543 g/mol. The van der Waals surface area contributed by atoms with Gasteiger partial charge in [-0.15, -0.1) is 0 Å². The first-order valence-corrected chi connectivity index (χ1v) is 13.9. The van der Waals surface area contributed by atoms with E-state index in [4.69, 9.17) is 28.2 Å². The zero-order valence-corrected chi connectivity index (χ0v) is 22.9. The summed E-state index contributed by atoms with van der Waals surface area (Å²) < 4.78 is 0. The number of hydrogen-bond acceptors (Lipinski definition) is 6. The fourth-order valence-corrected chi connectivity index (χ4v) is 5.27. The Morgan fingerprint density at radius 1 is 1.00 bits per heavy atom. The second kappa shape index (κ2) is 12.7. The van der Waals surface area contributed by atoms with Crippen molar-refractivity contribution in [2.75, 3.05) is 42.5 Å². The summed E-state index contributed by atoms with van der Waals surface area (Å²) in [7, 11) is 0. The third kappa shape index (κ3) is 7.28.